The molecular weight excluding hydrogens is 304 g/mol. The predicted molar refractivity (Wildman–Crippen MR) is 89.6 cm³/mol. The van der Waals surface area contributed by atoms with Crippen molar-refractivity contribution in [3.8, 4) is 0 Å². The van der Waals surface area contributed by atoms with E-state index >= 15 is 0 Å². The Bertz CT molecular complexity index is 767. The molecule has 6 nitrogen and oxygen atoms in total. The van der Waals surface area contributed by atoms with Crippen LogP contribution in [0.5, 0.6) is 0 Å². The molecule has 0 aromatic carbocycles. The normalized spacial score (nSPS) is 17.3. The second kappa shape index (κ2) is 6.55. The third-order valence-corrected chi connectivity index (χ3v) is 4.62. The minimum Gasteiger partial charge on any atom is -0.332 e. The highest BCUT2D eigenvalue weighted by atomic mass is 16.2. The molecule has 2 aromatic rings. The molecule has 3 rings (SSSR count). The fourth-order valence-electron chi connectivity index (χ4n) is 3.53. The molecule has 0 aliphatic carbocycles. The number of carbonyl (C=O) groups excluding carboxylic acids is 2. The van der Waals surface area contributed by atoms with Crippen molar-refractivity contribution in [2.75, 3.05) is 6.54 Å². The smallest absolute Gasteiger partial charge is 0.244 e. The van der Waals surface area contributed by atoms with Gasteiger partial charge in [0.1, 0.15) is 6.54 Å². The van der Waals surface area contributed by atoms with Gasteiger partial charge in [0.05, 0.1) is 23.0 Å². The summed E-state index contributed by atoms with van der Waals surface area (Å²) >= 11 is 0. The van der Waals surface area contributed by atoms with Crippen molar-refractivity contribution >= 4 is 11.7 Å². The van der Waals surface area contributed by atoms with Crippen molar-refractivity contribution in [2.45, 2.75) is 46.2 Å². The van der Waals surface area contributed by atoms with Crippen LogP contribution in [0.2, 0.25) is 0 Å². The Morgan fingerprint density at radius 3 is 2.71 bits per heavy atom. The Morgan fingerprint density at radius 1 is 1.29 bits per heavy atom. The van der Waals surface area contributed by atoms with E-state index in [0.29, 0.717) is 11.3 Å². The summed E-state index contributed by atoms with van der Waals surface area (Å²) in [7, 11) is 0. The number of nitrogens with zero attached hydrogens (tertiary/aromatic N) is 4. The number of rotatable bonds is 4. The van der Waals surface area contributed by atoms with Gasteiger partial charge in [0.25, 0.3) is 0 Å². The molecule has 1 aliphatic rings. The first-order valence-electron chi connectivity index (χ1n) is 8.24. The molecule has 24 heavy (non-hydrogen) atoms. The average Bonchev–Trinajstić information content (AvgIpc) is 3.13. The second-order valence-electron chi connectivity index (χ2n) is 6.26. The van der Waals surface area contributed by atoms with Crippen LogP contribution in [0.25, 0.3) is 0 Å². The summed E-state index contributed by atoms with van der Waals surface area (Å²) in [4.78, 5) is 30.8. The van der Waals surface area contributed by atoms with Gasteiger partial charge in [-0.05, 0) is 45.7 Å². The van der Waals surface area contributed by atoms with Crippen molar-refractivity contribution in [1.82, 2.24) is 19.7 Å². The largest absolute Gasteiger partial charge is 0.332 e. The zero-order chi connectivity index (χ0) is 17.3. The van der Waals surface area contributed by atoms with Gasteiger partial charge in [-0.1, -0.05) is 6.07 Å². The molecule has 0 radical (unpaired) electrons. The maximum absolute atomic E-state index is 12.8. The van der Waals surface area contributed by atoms with Crippen LogP contribution < -0.4 is 0 Å². The van der Waals surface area contributed by atoms with Gasteiger partial charge < -0.3 is 4.90 Å². The molecule has 1 amide bonds. The van der Waals surface area contributed by atoms with Gasteiger partial charge in [0, 0.05) is 18.4 Å². The molecular formula is C18H22N4O2. The molecule has 1 aliphatic heterocycles. The lowest BCUT2D eigenvalue weighted by Gasteiger charge is -2.24. The molecule has 2 aromatic heterocycles. The Balaban J connectivity index is 1.80. The number of likely N-dealkylation sites (tertiary alicyclic amines) is 1. The fraction of sp³-hybridized carbons (Fsp3) is 0.444. The van der Waals surface area contributed by atoms with Gasteiger partial charge in [-0.3, -0.25) is 19.3 Å². The molecule has 3 heterocycles. The van der Waals surface area contributed by atoms with Gasteiger partial charge in [-0.15, -0.1) is 0 Å². The first-order chi connectivity index (χ1) is 11.5. The number of hydrogen-bond acceptors (Lipinski definition) is 4. The lowest BCUT2D eigenvalue weighted by atomic mass is 10.1. The Kier molecular flexibility index (Phi) is 4.46. The maximum Gasteiger partial charge on any atom is 0.244 e. The number of amides is 1. The summed E-state index contributed by atoms with van der Waals surface area (Å²) in [5, 5.41) is 4.37. The zero-order valence-corrected chi connectivity index (χ0v) is 14.3. The van der Waals surface area contributed by atoms with Gasteiger partial charge >= 0.3 is 0 Å². The maximum atomic E-state index is 12.8. The third kappa shape index (κ3) is 2.96. The topological polar surface area (TPSA) is 68.1 Å². The first-order valence-corrected chi connectivity index (χ1v) is 8.24. The van der Waals surface area contributed by atoms with E-state index in [9.17, 15) is 9.59 Å². The van der Waals surface area contributed by atoms with Crippen LogP contribution in [-0.4, -0.2) is 37.9 Å². The van der Waals surface area contributed by atoms with Crippen molar-refractivity contribution < 1.29 is 9.59 Å². The number of Topliss-reactive ketones (excluding diaryl/α,β-unsaturated/α-hetero) is 1. The van der Waals surface area contributed by atoms with E-state index in [1.165, 1.54) is 6.92 Å². The van der Waals surface area contributed by atoms with Crippen LogP contribution in [0.3, 0.4) is 0 Å². The molecule has 6 heteroatoms. The molecule has 0 spiro atoms. The lowest BCUT2D eigenvalue weighted by molar-refractivity contribution is -0.133. The summed E-state index contributed by atoms with van der Waals surface area (Å²) in [5.41, 5.74) is 2.98. The van der Waals surface area contributed by atoms with Crippen LogP contribution in [-0.2, 0) is 11.3 Å². The summed E-state index contributed by atoms with van der Waals surface area (Å²) < 4.78 is 1.64. The molecule has 0 bridgehead atoms. The van der Waals surface area contributed by atoms with E-state index in [1.54, 1.807) is 17.8 Å². The van der Waals surface area contributed by atoms with Crippen molar-refractivity contribution in [1.29, 1.82) is 0 Å². The van der Waals surface area contributed by atoms with Crippen LogP contribution in [0.15, 0.2) is 24.4 Å². The highest BCUT2D eigenvalue weighted by Gasteiger charge is 2.31. The van der Waals surface area contributed by atoms with Crippen LogP contribution >= 0.6 is 0 Å². The number of ketones is 1. The summed E-state index contributed by atoms with van der Waals surface area (Å²) in [6.45, 7) is 6.06. The second-order valence-corrected chi connectivity index (χ2v) is 6.26. The number of pyridine rings is 1. The van der Waals surface area contributed by atoms with E-state index in [2.05, 4.69) is 10.1 Å². The fourth-order valence-corrected chi connectivity index (χ4v) is 3.53. The Hall–Kier alpha value is -2.50. The lowest BCUT2D eigenvalue weighted by Crippen LogP contribution is -2.34. The standard InChI is InChI=1S/C18H22N4O2/c1-12-18(14(3)23)13(2)22(20-12)11-17(24)21-10-6-8-16(21)15-7-4-5-9-19-15/h4-5,7,9,16H,6,8,10-11H2,1-3H3/t16-/m0/s1. The molecule has 1 fully saturated rings. The first kappa shape index (κ1) is 16.4. The van der Waals surface area contributed by atoms with Crippen molar-refractivity contribution in [3.63, 3.8) is 0 Å². The van der Waals surface area contributed by atoms with Crippen molar-refractivity contribution in [3.05, 3.63) is 47.0 Å². The number of aromatic nitrogens is 3. The van der Waals surface area contributed by atoms with E-state index in [0.717, 1.165) is 30.8 Å². The summed E-state index contributed by atoms with van der Waals surface area (Å²) in [6.07, 6.45) is 3.66. The van der Waals surface area contributed by atoms with E-state index < -0.39 is 0 Å². The molecule has 1 atom stereocenters. The molecule has 1 saturated heterocycles. The van der Waals surface area contributed by atoms with Crippen LogP contribution in [0, 0.1) is 13.8 Å². The molecule has 0 saturated carbocycles. The predicted octanol–water partition coefficient (Wildman–Crippen LogP) is 2.46. The SMILES string of the molecule is CC(=O)c1c(C)nn(CC(=O)N2CCC[C@H]2c2ccccn2)c1C. The summed E-state index contributed by atoms with van der Waals surface area (Å²) in [5.74, 6) is 0.0000821. The summed E-state index contributed by atoms with van der Waals surface area (Å²) in [6, 6.07) is 5.82. The van der Waals surface area contributed by atoms with Crippen LogP contribution in [0.1, 0.15) is 53.2 Å². The van der Waals surface area contributed by atoms with E-state index in [-0.39, 0.29) is 24.3 Å². The molecule has 0 N–H and O–H groups in total. The van der Waals surface area contributed by atoms with Crippen LogP contribution in [0.4, 0.5) is 0 Å². The highest BCUT2D eigenvalue weighted by molar-refractivity contribution is 5.96. The van der Waals surface area contributed by atoms with Gasteiger partial charge in [-0.2, -0.15) is 5.10 Å². The minimum atomic E-state index is -0.0174. The molecule has 126 valence electrons. The van der Waals surface area contributed by atoms with Gasteiger partial charge in [0.15, 0.2) is 5.78 Å². The van der Waals surface area contributed by atoms with E-state index in [1.807, 2.05) is 30.0 Å². The van der Waals surface area contributed by atoms with E-state index in [4.69, 9.17) is 0 Å². The number of hydrogen-bond donors (Lipinski definition) is 0. The van der Waals surface area contributed by atoms with Gasteiger partial charge in [0.2, 0.25) is 5.91 Å². The zero-order valence-electron chi connectivity index (χ0n) is 14.3. The number of aryl methyl sites for hydroxylation is 1. The minimum absolute atomic E-state index is 0.0174. The van der Waals surface area contributed by atoms with Gasteiger partial charge in [-0.25, -0.2) is 0 Å². The quantitative estimate of drug-likeness (QED) is 0.809. The van der Waals surface area contributed by atoms with Crippen molar-refractivity contribution in [2.24, 2.45) is 0 Å². The highest BCUT2D eigenvalue weighted by Crippen LogP contribution is 2.30. The monoisotopic (exact) mass is 326 g/mol. The number of carbonyl (C=O) groups is 2. The molecule has 0 unspecified atom stereocenters. The average molecular weight is 326 g/mol. The third-order valence-electron chi connectivity index (χ3n) is 4.62. The Morgan fingerprint density at radius 2 is 2.08 bits per heavy atom. The Labute approximate surface area is 141 Å².